The SMILES string of the molecule is C[C@]12CCC3[C@@H](C[C@H]4OC(=O)[C@@]35CCC(=O)C=C45)C1CCC2=O. The molecule has 5 rings (SSSR count). The fourth-order valence-corrected chi connectivity index (χ4v) is 6.71. The molecule has 1 aliphatic heterocycles. The topological polar surface area (TPSA) is 60.4 Å². The van der Waals surface area contributed by atoms with Gasteiger partial charge in [-0.05, 0) is 61.5 Å². The van der Waals surface area contributed by atoms with Gasteiger partial charge in [0.1, 0.15) is 11.9 Å². The van der Waals surface area contributed by atoms with Gasteiger partial charge in [0.25, 0.3) is 0 Å². The molecule has 2 unspecified atom stereocenters. The number of fused-ring (bicyclic) bond motifs is 3. The Balaban J connectivity index is 1.62. The number of carbonyl (C=O) groups excluding carboxylic acids is 3. The van der Waals surface area contributed by atoms with E-state index in [0.717, 1.165) is 31.3 Å². The molecule has 23 heavy (non-hydrogen) atoms. The van der Waals surface area contributed by atoms with Gasteiger partial charge in [0, 0.05) is 18.3 Å². The van der Waals surface area contributed by atoms with Crippen LogP contribution in [-0.4, -0.2) is 23.6 Å². The van der Waals surface area contributed by atoms with Crippen LogP contribution in [0.5, 0.6) is 0 Å². The van der Waals surface area contributed by atoms with Crippen molar-refractivity contribution in [3.63, 3.8) is 0 Å². The molecule has 1 heterocycles. The maximum Gasteiger partial charge on any atom is 0.317 e. The molecule has 3 saturated carbocycles. The summed E-state index contributed by atoms with van der Waals surface area (Å²) in [5, 5.41) is 0. The van der Waals surface area contributed by atoms with Gasteiger partial charge in [-0.1, -0.05) is 6.92 Å². The first kappa shape index (κ1) is 13.9. The molecule has 122 valence electrons. The highest BCUT2D eigenvalue weighted by atomic mass is 16.6. The number of hydrogen-bond acceptors (Lipinski definition) is 4. The molecule has 0 amide bonds. The second kappa shape index (κ2) is 4.14. The van der Waals surface area contributed by atoms with Crippen molar-refractivity contribution in [2.75, 3.05) is 0 Å². The van der Waals surface area contributed by atoms with Gasteiger partial charge in [-0.2, -0.15) is 0 Å². The zero-order chi connectivity index (χ0) is 16.0. The summed E-state index contributed by atoms with van der Waals surface area (Å²) in [5.74, 6) is 1.50. The molecule has 4 aliphatic carbocycles. The molecule has 0 N–H and O–H groups in total. The normalized spacial score (nSPS) is 50.8. The molecule has 4 nitrogen and oxygen atoms in total. The van der Waals surface area contributed by atoms with Gasteiger partial charge in [0.2, 0.25) is 0 Å². The lowest BCUT2D eigenvalue weighted by atomic mass is 9.47. The van der Waals surface area contributed by atoms with Crippen LogP contribution in [0.15, 0.2) is 11.6 Å². The highest BCUT2D eigenvalue weighted by Gasteiger charge is 2.68. The molecule has 6 atom stereocenters. The lowest BCUT2D eigenvalue weighted by Gasteiger charge is -2.53. The van der Waals surface area contributed by atoms with E-state index in [1.54, 1.807) is 6.08 Å². The van der Waals surface area contributed by atoms with Crippen LogP contribution in [0.25, 0.3) is 0 Å². The van der Waals surface area contributed by atoms with Crippen LogP contribution in [0, 0.1) is 28.6 Å². The minimum absolute atomic E-state index is 0.0957. The Hall–Kier alpha value is -1.45. The lowest BCUT2D eigenvalue weighted by Crippen LogP contribution is -2.53. The van der Waals surface area contributed by atoms with Gasteiger partial charge in [-0.15, -0.1) is 0 Å². The maximum absolute atomic E-state index is 12.8. The van der Waals surface area contributed by atoms with Crippen LogP contribution in [0.1, 0.15) is 51.9 Å². The van der Waals surface area contributed by atoms with E-state index in [1.165, 1.54) is 0 Å². The summed E-state index contributed by atoms with van der Waals surface area (Å²) >= 11 is 0. The Morgan fingerprint density at radius 3 is 2.74 bits per heavy atom. The minimum atomic E-state index is -0.547. The molecule has 2 bridgehead atoms. The molecule has 4 fully saturated rings. The fourth-order valence-electron chi connectivity index (χ4n) is 6.71. The number of esters is 1. The molecule has 0 radical (unpaired) electrons. The second-order valence-electron chi connectivity index (χ2n) is 8.46. The van der Waals surface area contributed by atoms with E-state index in [4.69, 9.17) is 4.74 Å². The number of hydrogen-bond donors (Lipinski definition) is 0. The highest BCUT2D eigenvalue weighted by molar-refractivity contribution is 5.97. The zero-order valence-electron chi connectivity index (χ0n) is 13.5. The molecular formula is C19H22O4. The smallest absolute Gasteiger partial charge is 0.317 e. The van der Waals surface area contributed by atoms with Crippen LogP contribution in [-0.2, 0) is 19.1 Å². The van der Waals surface area contributed by atoms with Crippen molar-refractivity contribution in [1.29, 1.82) is 0 Å². The number of Topliss-reactive ketones (excluding diaryl/α,β-unsaturated/α-hetero) is 1. The van der Waals surface area contributed by atoms with Gasteiger partial charge < -0.3 is 4.74 Å². The number of rotatable bonds is 0. The summed E-state index contributed by atoms with van der Waals surface area (Å²) < 4.78 is 5.73. The van der Waals surface area contributed by atoms with Crippen molar-refractivity contribution in [2.45, 2.75) is 58.0 Å². The van der Waals surface area contributed by atoms with Gasteiger partial charge in [0.15, 0.2) is 5.78 Å². The van der Waals surface area contributed by atoms with Crippen molar-refractivity contribution in [3.05, 3.63) is 11.6 Å². The Kier molecular flexibility index (Phi) is 2.51. The van der Waals surface area contributed by atoms with Gasteiger partial charge >= 0.3 is 5.97 Å². The van der Waals surface area contributed by atoms with E-state index in [2.05, 4.69) is 6.92 Å². The van der Waals surface area contributed by atoms with Crippen molar-refractivity contribution in [2.24, 2.45) is 28.6 Å². The molecule has 0 aromatic rings. The molecule has 1 saturated heterocycles. The van der Waals surface area contributed by atoms with E-state index in [1.807, 2.05) is 0 Å². The largest absolute Gasteiger partial charge is 0.457 e. The monoisotopic (exact) mass is 314 g/mol. The average Bonchev–Trinajstić information content (AvgIpc) is 2.92. The summed E-state index contributed by atoms with van der Waals surface area (Å²) in [6, 6.07) is 0. The standard InChI is InChI=1S/C19H22O4/c1-18-6-5-13-11(12(18)2-3-16(18)21)9-15-14-8-10(20)4-7-19(13,14)17(22)23-15/h8,11-13,15H,2-7,9H2,1H3/t11-,12?,13?,15+,18-,19-/m0/s1. The van der Waals surface area contributed by atoms with Crippen LogP contribution in [0.4, 0.5) is 0 Å². The molecule has 0 aromatic carbocycles. The van der Waals surface area contributed by atoms with E-state index in [0.29, 0.717) is 36.9 Å². The average molecular weight is 314 g/mol. The maximum atomic E-state index is 12.8. The third-order valence-electron chi connectivity index (χ3n) is 7.82. The molecular weight excluding hydrogens is 292 g/mol. The predicted octanol–water partition coefficient (Wildman–Crippen LogP) is 2.60. The molecule has 5 aliphatic rings. The first-order valence-corrected chi connectivity index (χ1v) is 8.96. The first-order chi connectivity index (χ1) is 11.0. The van der Waals surface area contributed by atoms with E-state index in [9.17, 15) is 14.4 Å². The van der Waals surface area contributed by atoms with Gasteiger partial charge in [-0.25, -0.2) is 0 Å². The Morgan fingerprint density at radius 2 is 1.91 bits per heavy atom. The van der Waals surface area contributed by atoms with Crippen molar-refractivity contribution >= 4 is 17.5 Å². The van der Waals surface area contributed by atoms with Crippen LogP contribution in [0.2, 0.25) is 0 Å². The summed E-state index contributed by atoms with van der Waals surface area (Å²) in [6.45, 7) is 2.14. The third kappa shape index (κ3) is 1.46. The van der Waals surface area contributed by atoms with Crippen molar-refractivity contribution in [3.8, 4) is 0 Å². The minimum Gasteiger partial charge on any atom is -0.457 e. The predicted molar refractivity (Wildman–Crippen MR) is 81.3 cm³/mol. The number of ketones is 2. The molecule has 4 heteroatoms. The van der Waals surface area contributed by atoms with Gasteiger partial charge in [0.05, 0.1) is 5.41 Å². The molecule has 0 spiro atoms. The Bertz CT molecular complexity index is 677. The van der Waals surface area contributed by atoms with Crippen LogP contribution < -0.4 is 0 Å². The Labute approximate surface area is 135 Å². The first-order valence-electron chi connectivity index (χ1n) is 8.96. The molecule has 0 aromatic heterocycles. The lowest BCUT2D eigenvalue weighted by molar-refractivity contribution is -0.151. The highest BCUT2D eigenvalue weighted by Crippen LogP contribution is 2.67. The quantitative estimate of drug-likeness (QED) is 0.645. The number of ether oxygens (including phenoxy) is 1. The number of carbonyl (C=O) groups is 3. The van der Waals surface area contributed by atoms with E-state index in [-0.39, 0.29) is 29.2 Å². The summed E-state index contributed by atoms with van der Waals surface area (Å²) in [6.07, 6.45) is 6.83. The second-order valence-corrected chi connectivity index (χ2v) is 8.46. The third-order valence-corrected chi connectivity index (χ3v) is 7.82. The van der Waals surface area contributed by atoms with Crippen LogP contribution in [0.3, 0.4) is 0 Å². The summed E-state index contributed by atoms with van der Waals surface area (Å²) in [4.78, 5) is 37.1. The van der Waals surface area contributed by atoms with E-state index < -0.39 is 5.41 Å². The van der Waals surface area contributed by atoms with Gasteiger partial charge in [-0.3, -0.25) is 14.4 Å². The van der Waals surface area contributed by atoms with Crippen molar-refractivity contribution in [1.82, 2.24) is 0 Å². The Morgan fingerprint density at radius 1 is 1.09 bits per heavy atom. The fraction of sp³-hybridized carbons (Fsp3) is 0.737. The summed E-state index contributed by atoms with van der Waals surface area (Å²) in [7, 11) is 0. The summed E-state index contributed by atoms with van der Waals surface area (Å²) in [5.41, 5.74) is 0.230. The van der Waals surface area contributed by atoms with Crippen molar-refractivity contribution < 1.29 is 19.1 Å². The van der Waals surface area contributed by atoms with Crippen LogP contribution >= 0.6 is 0 Å². The van der Waals surface area contributed by atoms with E-state index >= 15 is 0 Å². The zero-order valence-corrected chi connectivity index (χ0v) is 13.5.